The molecular weight excluding hydrogens is 1100 g/mol. The van der Waals surface area contributed by atoms with Gasteiger partial charge >= 0.3 is 0 Å². The predicted molar refractivity (Wildman–Crippen MR) is 325 cm³/mol. The van der Waals surface area contributed by atoms with Gasteiger partial charge in [-0.25, -0.2) is 0 Å². The number of nitrogens with zero attached hydrogens (tertiary/aromatic N) is 7. The highest BCUT2D eigenvalue weighted by molar-refractivity contribution is 5.99. The molecule has 4 rings (SSSR count). The molecule has 3 unspecified atom stereocenters. The Morgan fingerprint density at radius 2 is 1.03 bits per heavy atom. The van der Waals surface area contributed by atoms with E-state index in [9.17, 15) is 48.3 Å². The van der Waals surface area contributed by atoms with Crippen molar-refractivity contribution in [3.05, 3.63) is 71.8 Å². The Labute approximate surface area is 508 Å². The first kappa shape index (κ1) is 71.1. The quantitative estimate of drug-likeness (QED) is 0.216. The number of aliphatic hydroxyl groups is 1. The van der Waals surface area contributed by atoms with Crippen LogP contribution in [0.4, 0.5) is 0 Å². The topological polar surface area (TPSA) is 279 Å². The summed E-state index contributed by atoms with van der Waals surface area (Å²) in [6.07, 6.45) is -0.394. The van der Waals surface area contributed by atoms with Gasteiger partial charge in [0, 0.05) is 74.1 Å². The van der Waals surface area contributed by atoms with Crippen LogP contribution in [0.25, 0.3) is 0 Å². The summed E-state index contributed by atoms with van der Waals surface area (Å²) in [6.45, 7) is 16.6. The zero-order valence-electron chi connectivity index (χ0n) is 53.5. The lowest BCUT2D eigenvalue weighted by Crippen LogP contribution is -2.63. The molecule has 2 aliphatic heterocycles. The van der Waals surface area contributed by atoms with Crippen molar-refractivity contribution in [3.8, 4) is 0 Å². The van der Waals surface area contributed by atoms with Crippen LogP contribution in [0.2, 0.25) is 0 Å². The van der Waals surface area contributed by atoms with Gasteiger partial charge in [-0.15, -0.1) is 0 Å². The van der Waals surface area contributed by atoms with E-state index in [-0.39, 0.29) is 50.5 Å². The Bertz CT molecular complexity index is 2690. The molecule has 2 saturated heterocycles. The molecule has 86 heavy (non-hydrogen) atoms. The van der Waals surface area contributed by atoms with Gasteiger partial charge in [0.05, 0.1) is 12.6 Å². The molecule has 2 aromatic rings. The van der Waals surface area contributed by atoms with Gasteiger partial charge in [0.15, 0.2) is 0 Å². The van der Waals surface area contributed by atoms with Crippen LogP contribution in [0.3, 0.4) is 0 Å². The first-order valence-electron chi connectivity index (χ1n) is 30.2. The number of carbonyl (C=O) groups is 11. The van der Waals surface area contributed by atoms with Crippen molar-refractivity contribution >= 4 is 65.0 Å². The van der Waals surface area contributed by atoms with Crippen LogP contribution in [0, 0.1) is 17.8 Å². The molecule has 2 aromatic carbocycles. The van der Waals surface area contributed by atoms with Crippen LogP contribution in [0.1, 0.15) is 119 Å². The van der Waals surface area contributed by atoms with Crippen molar-refractivity contribution in [1.29, 1.82) is 0 Å². The predicted octanol–water partition coefficient (Wildman–Crippen LogP) is 1.98. The molecule has 0 aromatic heterocycles. The fourth-order valence-corrected chi connectivity index (χ4v) is 11.2. The molecule has 23 nitrogen and oxygen atoms in total. The van der Waals surface area contributed by atoms with Crippen molar-refractivity contribution in [3.63, 3.8) is 0 Å². The average molecular weight is 1200 g/mol. The van der Waals surface area contributed by atoms with Crippen molar-refractivity contribution < 1.29 is 57.8 Å². The maximum Gasteiger partial charge on any atom is 0.248 e. The van der Waals surface area contributed by atoms with Gasteiger partial charge in [-0.1, -0.05) is 109 Å². The van der Waals surface area contributed by atoms with Crippen LogP contribution < -0.4 is 21.3 Å². The van der Waals surface area contributed by atoms with Crippen molar-refractivity contribution in [2.45, 2.75) is 187 Å². The summed E-state index contributed by atoms with van der Waals surface area (Å²) in [7, 11) is 8.55. The van der Waals surface area contributed by atoms with Gasteiger partial charge in [0.1, 0.15) is 54.4 Å². The molecule has 0 saturated carbocycles. The van der Waals surface area contributed by atoms with Gasteiger partial charge in [-0.05, 0) is 82.3 Å². The Hall–Kier alpha value is -7.43. The first-order chi connectivity index (χ1) is 40.3. The number of nitrogens with one attached hydrogen (secondary N) is 4. The number of hydrogen-bond acceptors (Lipinski definition) is 12. The molecule has 0 radical (unpaired) electrons. The van der Waals surface area contributed by atoms with Crippen LogP contribution >= 0.6 is 0 Å². The number of likely N-dealkylation sites (N-methyl/N-ethyl adjacent to an activating group) is 6. The maximum atomic E-state index is 15.2. The second-order valence-corrected chi connectivity index (χ2v) is 24.5. The van der Waals surface area contributed by atoms with E-state index in [1.807, 2.05) is 34.6 Å². The van der Waals surface area contributed by atoms with E-state index < -0.39 is 144 Å². The molecule has 2 fully saturated rings. The minimum Gasteiger partial charge on any atom is -0.391 e. The summed E-state index contributed by atoms with van der Waals surface area (Å²) >= 11 is 0. The minimum atomic E-state index is -1.68. The number of aliphatic hydroxyl groups excluding tert-OH is 1. The number of amides is 11. The highest BCUT2D eigenvalue weighted by Crippen LogP contribution is 2.26. The highest BCUT2D eigenvalue weighted by atomic mass is 16.3. The van der Waals surface area contributed by atoms with Crippen molar-refractivity contribution in [2.75, 3.05) is 55.4 Å². The third kappa shape index (κ3) is 18.5. The Morgan fingerprint density at radius 1 is 0.535 bits per heavy atom. The van der Waals surface area contributed by atoms with E-state index in [0.717, 1.165) is 4.90 Å². The van der Waals surface area contributed by atoms with Gasteiger partial charge in [-0.3, -0.25) is 52.7 Å². The summed E-state index contributed by atoms with van der Waals surface area (Å²) in [5, 5.41) is 22.1. The van der Waals surface area contributed by atoms with Crippen molar-refractivity contribution in [2.24, 2.45) is 17.8 Å². The van der Waals surface area contributed by atoms with E-state index >= 15 is 9.59 Å². The molecular formula is C63H97N11O12. The fraction of sp³-hybridized carbons (Fsp3) is 0.635. The molecule has 0 aliphatic carbocycles. The average Bonchev–Trinajstić information content (AvgIpc) is 3.68. The summed E-state index contributed by atoms with van der Waals surface area (Å²) in [4.78, 5) is 168. The van der Waals surface area contributed by atoms with Crippen molar-refractivity contribution in [1.82, 2.24) is 55.6 Å². The second kappa shape index (κ2) is 32.3. The normalized spacial score (nSPS) is 27.0. The third-order valence-corrected chi connectivity index (χ3v) is 16.8. The number of fused-ring (bicyclic) bond motifs is 1. The first-order valence-corrected chi connectivity index (χ1v) is 30.2. The zero-order valence-corrected chi connectivity index (χ0v) is 53.5. The lowest BCUT2D eigenvalue weighted by atomic mass is 9.94. The van der Waals surface area contributed by atoms with E-state index in [4.69, 9.17) is 0 Å². The minimum absolute atomic E-state index is 0.0475. The molecule has 5 N–H and O–H groups in total. The van der Waals surface area contributed by atoms with Gasteiger partial charge in [0.25, 0.3) is 0 Å². The van der Waals surface area contributed by atoms with Crippen LogP contribution in [0.5, 0.6) is 0 Å². The van der Waals surface area contributed by atoms with Crippen LogP contribution in [-0.2, 0) is 65.6 Å². The van der Waals surface area contributed by atoms with E-state index in [2.05, 4.69) is 21.3 Å². The third-order valence-electron chi connectivity index (χ3n) is 16.8. The second-order valence-electron chi connectivity index (χ2n) is 24.5. The summed E-state index contributed by atoms with van der Waals surface area (Å²) < 4.78 is 0. The zero-order chi connectivity index (χ0) is 64.6. The monoisotopic (exact) mass is 1200 g/mol. The summed E-state index contributed by atoms with van der Waals surface area (Å²) in [6, 6.07) is 5.91. The highest BCUT2D eigenvalue weighted by Gasteiger charge is 2.45. The lowest BCUT2D eigenvalue weighted by molar-refractivity contribution is -0.155. The van der Waals surface area contributed by atoms with Gasteiger partial charge < -0.3 is 60.7 Å². The Kier molecular flexibility index (Phi) is 26.7. The molecule has 23 heteroatoms. The van der Waals surface area contributed by atoms with E-state index in [1.54, 1.807) is 74.5 Å². The largest absolute Gasteiger partial charge is 0.391 e. The smallest absolute Gasteiger partial charge is 0.248 e. The molecule has 12 atom stereocenters. The lowest BCUT2D eigenvalue weighted by Gasteiger charge is -2.40. The van der Waals surface area contributed by atoms with Crippen LogP contribution in [0.15, 0.2) is 60.7 Å². The van der Waals surface area contributed by atoms with Gasteiger partial charge in [0.2, 0.25) is 65.0 Å². The Morgan fingerprint density at radius 3 is 1.56 bits per heavy atom. The molecule has 476 valence electrons. The molecule has 0 bridgehead atoms. The number of rotatable bonds is 11. The number of hydrogen-bond donors (Lipinski definition) is 5. The summed E-state index contributed by atoms with van der Waals surface area (Å²) in [5.41, 5.74) is 1.29. The van der Waals surface area contributed by atoms with Crippen LogP contribution in [-0.4, -0.2) is 226 Å². The number of benzene rings is 2. The van der Waals surface area contributed by atoms with E-state index in [1.165, 1.54) is 92.5 Å². The fourth-order valence-electron chi connectivity index (χ4n) is 11.2. The number of carbonyl (C=O) groups excluding carboxylic acids is 11. The molecule has 0 spiro atoms. The van der Waals surface area contributed by atoms with E-state index in [0.29, 0.717) is 30.4 Å². The molecule has 2 heterocycles. The van der Waals surface area contributed by atoms with Gasteiger partial charge in [-0.2, -0.15) is 0 Å². The molecule has 11 amide bonds. The Balaban J connectivity index is 1.86. The maximum absolute atomic E-state index is 15.2. The standard InChI is InChI=1S/C63H97N11O12/c1-17-39(6)54-63(86)68(11)42(9)58(81)70(13)47(34-44-25-20-18-21-26-44)57(80)67-53(43(10)75)62(85)72(15)50(35-45-27-22-19-23-28-45)59(82)71(14)49(32-38(4)5)61(84)74-30-24-29-46(74)56(79)65-40(7)33-51(76)66-41(8)55(78)64-36-52(77)69(12)48(31-37(2)3)60(83)73(54)16/h18-23,25-28,37-43,46-50,53-54,75H,17,24,29-36H2,1-16H3,(H,64,78)(H,65,79)(H,66,76)(H,67,80)/t39-,40-,41-,42?,43+,46-,47-,48?,49-,50-,53-,54?/m0/s1. The molecule has 2 aliphatic rings. The SMILES string of the molecule is CC[C@H](C)C1C(=O)N(C)C(C)C(=O)N(C)[C@@H](Cc2ccccc2)C(=O)N[C@@H]([C@@H](C)O)C(=O)N(C)[C@@H](Cc2ccccc2)C(=O)N(C)[C@@H](CC(C)C)C(=O)N2CCC[C@H]2C(=O)N[C@@H](C)CC(=O)N[C@@H](C)C(=O)NCC(=O)N(C)C(CC(C)C)C(=O)N1C. The summed E-state index contributed by atoms with van der Waals surface area (Å²) in [5.74, 6) is -7.86.